The Morgan fingerprint density at radius 3 is 2.35 bits per heavy atom. The summed E-state index contributed by atoms with van der Waals surface area (Å²) in [4.78, 5) is 14.2. The lowest BCUT2D eigenvalue weighted by atomic mass is 10.2. The third-order valence-corrected chi connectivity index (χ3v) is 7.07. The molecule has 2 saturated heterocycles. The Bertz CT molecular complexity index is 722. The van der Waals surface area contributed by atoms with Crippen LogP contribution in [0.25, 0.3) is 0 Å². The molecular weight excluding hydrogens is 352 g/mol. The first kappa shape index (κ1) is 19.3. The molecule has 0 aromatic heterocycles. The third kappa shape index (κ3) is 4.62. The number of amides is 1. The number of nitrogens with zero attached hydrogens (tertiary/aromatic N) is 2. The van der Waals surface area contributed by atoms with Gasteiger partial charge in [0.1, 0.15) is 0 Å². The molecule has 144 valence electrons. The van der Waals surface area contributed by atoms with Gasteiger partial charge in [-0.3, -0.25) is 10.2 Å². The molecule has 0 atom stereocenters. The summed E-state index contributed by atoms with van der Waals surface area (Å²) in [6.07, 6.45) is 3.93. The van der Waals surface area contributed by atoms with Crippen molar-refractivity contribution in [3.63, 3.8) is 0 Å². The van der Waals surface area contributed by atoms with Crippen LogP contribution in [-0.2, 0) is 10.0 Å². The lowest BCUT2D eigenvalue weighted by Gasteiger charge is -2.30. The number of hydrogen-bond acceptors (Lipinski definition) is 4. The van der Waals surface area contributed by atoms with Crippen LogP contribution in [0.5, 0.6) is 0 Å². The highest BCUT2D eigenvalue weighted by Gasteiger charge is 2.26. The number of carbonyl (C=O) groups is 1. The number of sulfonamides is 1. The van der Waals surface area contributed by atoms with E-state index in [2.05, 4.69) is 12.5 Å². The summed E-state index contributed by atoms with van der Waals surface area (Å²) in [5.74, 6) is -0.252. The number of likely N-dealkylation sites (N-methyl/N-ethyl adjacent to an activating group) is 1. The molecule has 0 saturated carbocycles. The first-order valence-electron chi connectivity index (χ1n) is 9.44. The van der Waals surface area contributed by atoms with Crippen LogP contribution < -0.4 is 10.3 Å². The number of carbonyl (C=O) groups excluding carboxylic acids is 1. The zero-order valence-electron chi connectivity index (χ0n) is 15.4. The number of quaternary nitrogens is 1. The minimum atomic E-state index is -3.55. The highest BCUT2D eigenvalue weighted by molar-refractivity contribution is 7.89. The second-order valence-corrected chi connectivity index (χ2v) is 9.17. The van der Waals surface area contributed by atoms with E-state index >= 15 is 0 Å². The number of hydrazine groups is 1. The van der Waals surface area contributed by atoms with Gasteiger partial charge in [0.15, 0.2) is 0 Å². The van der Waals surface area contributed by atoms with Crippen LogP contribution in [0.3, 0.4) is 0 Å². The maximum Gasteiger partial charge on any atom is 0.265 e. The van der Waals surface area contributed by atoms with E-state index < -0.39 is 10.0 Å². The fraction of sp³-hybridized carbons (Fsp3) is 0.611. The number of benzene rings is 1. The molecule has 2 fully saturated rings. The molecule has 2 aliphatic rings. The van der Waals surface area contributed by atoms with E-state index in [1.165, 1.54) is 11.0 Å². The maximum atomic E-state index is 12.9. The van der Waals surface area contributed by atoms with Gasteiger partial charge in [-0.2, -0.15) is 4.31 Å². The Kier molecular flexibility index (Phi) is 6.29. The van der Waals surface area contributed by atoms with Crippen molar-refractivity contribution in [3.05, 3.63) is 29.8 Å². The predicted molar refractivity (Wildman–Crippen MR) is 99.3 cm³/mol. The Morgan fingerprint density at radius 1 is 1.04 bits per heavy atom. The molecule has 2 N–H and O–H groups in total. The number of hydrogen-bond donors (Lipinski definition) is 2. The quantitative estimate of drug-likeness (QED) is 0.753. The number of rotatable bonds is 4. The van der Waals surface area contributed by atoms with Crippen molar-refractivity contribution in [2.45, 2.75) is 30.6 Å². The fourth-order valence-corrected chi connectivity index (χ4v) is 5.00. The van der Waals surface area contributed by atoms with Crippen molar-refractivity contribution in [2.75, 3.05) is 46.3 Å². The molecule has 3 rings (SSSR count). The van der Waals surface area contributed by atoms with Crippen LogP contribution in [0.2, 0.25) is 0 Å². The molecule has 7 nitrogen and oxygen atoms in total. The second-order valence-electron chi connectivity index (χ2n) is 7.23. The highest BCUT2D eigenvalue weighted by atomic mass is 32.2. The molecular formula is C18H29N4O3S+. The van der Waals surface area contributed by atoms with Crippen LogP contribution in [-0.4, -0.2) is 70.0 Å². The van der Waals surface area contributed by atoms with Crippen molar-refractivity contribution in [1.29, 1.82) is 0 Å². The molecule has 0 aliphatic carbocycles. The largest absolute Gasteiger partial charge is 0.335 e. The minimum Gasteiger partial charge on any atom is -0.335 e. The van der Waals surface area contributed by atoms with Crippen molar-refractivity contribution in [3.8, 4) is 0 Å². The van der Waals surface area contributed by atoms with Gasteiger partial charge in [0.25, 0.3) is 5.91 Å². The van der Waals surface area contributed by atoms with E-state index in [0.717, 1.165) is 51.9 Å². The van der Waals surface area contributed by atoms with Crippen LogP contribution in [0, 0.1) is 0 Å². The monoisotopic (exact) mass is 381 g/mol. The van der Waals surface area contributed by atoms with E-state index in [-0.39, 0.29) is 10.8 Å². The lowest BCUT2D eigenvalue weighted by Crippen LogP contribution is -3.12. The van der Waals surface area contributed by atoms with E-state index in [1.807, 2.05) is 5.01 Å². The molecule has 0 bridgehead atoms. The van der Waals surface area contributed by atoms with E-state index in [0.29, 0.717) is 18.7 Å². The Hall–Kier alpha value is -1.48. The SMILES string of the molecule is C[NH+]1CCN(NC(=O)c2cccc(S(=O)(=O)N3CCCCCC3)c2)CC1. The lowest BCUT2D eigenvalue weighted by molar-refractivity contribution is -0.884. The number of nitrogens with one attached hydrogen (secondary N) is 2. The predicted octanol–water partition coefficient (Wildman–Crippen LogP) is -0.274. The van der Waals surface area contributed by atoms with Crippen LogP contribution in [0.15, 0.2) is 29.2 Å². The highest BCUT2D eigenvalue weighted by Crippen LogP contribution is 2.21. The first-order valence-corrected chi connectivity index (χ1v) is 10.9. The van der Waals surface area contributed by atoms with Crippen molar-refractivity contribution < 1.29 is 18.1 Å². The van der Waals surface area contributed by atoms with Gasteiger partial charge >= 0.3 is 0 Å². The summed E-state index contributed by atoms with van der Waals surface area (Å²) in [6, 6.07) is 6.39. The van der Waals surface area contributed by atoms with Crippen LogP contribution >= 0.6 is 0 Å². The molecule has 26 heavy (non-hydrogen) atoms. The van der Waals surface area contributed by atoms with Gasteiger partial charge in [0, 0.05) is 18.7 Å². The summed E-state index contributed by atoms with van der Waals surface area (Å²) < 4.78 is 27.4. The van der Waals surface area contributed by atoms with Gasteiger partial charge in [-0.05, 0) is 31.0 Å². The smallest absolute Gasteiger partial charge is 0.265 e. The topological polar surface area (TPSA) is 74.2 Å². The number of piperazine rings is 1. The molecule has 0 unspecified atom stereocenters. The Morgan fingerprint density at radius 2 is 1.69 bits per heavy atom. The molecule has 1 aromatic rings. The van der Waals surface area contributed by atoms with E-state index in [9.17, 15) is 13.2 Å². The normalized spacial score (nSPS) is 21.3. The average Bonchev–Trinajstić information content (AvgIpc) is 2.94. The van der Waals surface area contributed by atoms with Gasteiger partial charge < -0.3 is 4.90 Å². The van der Waals surface area contributed by atoms with Crippen LogP contribution in [0.1, 0.15) is 36.0 Å². The van der Waals surface area contributed by atoms with Crippen molar-refractivity contribution in [1.82, 2.24) is 14.7 Å². The Labute approximate surface area is 156 Å². The molecule has 0 radical (unpaired) electrons. The minimum absolute atomic E-state index is 0.204. The molecule has 0 spiro atoms. The van der Waals surface area contributed by atoms with E-state index in [1.54, 1.807) is 22.5 Å². The molecule has 8 heteroatoms. The third-order valence-electron chi connectivity index (χ3n) is 5.18. The maximum absolute atomic E-state index is 12.9. The summed E-state index contributed by atoms with van der Waals surface area (Å²) in [7, 11) is -1.41. The average molecular weight is 382 g/mol. The van der Waals surface area contributed by atoms with Crippen molar-refractivity contribution in [2.24, 2.45) is 0 Å². The first-order chi connectivity index (χ1) is 12.5. The van der Waals surface area contributed by atoms with Gasteiger partial charge in [-0.25, -0.2) is 13.4 Å². The van der Waals surface area contributed by atoms with Gasteiger partial charge in [0.05, 0.1) is 38.1 Å². The summed E-state index contributed by atoms with van der Waals surface area (Å²) in [6.45, 7) is 4.66. The second kappa shape index (κ2) is 8.47. The molecule has 2 heterocycles. The van der Waals surface area contributed by atoms with Gasteiger partial charge in [0.2, 0.25) is 10.0 Å². The summed E-state index contributed by atoms with van der Waals surface area (Å²) >= 11 is 0. The molecule has 2 aliphatic heterocycles. The fourth-order valence-electron chi connectivity index (χ4n) is 3.44. The molecule has 1 aromatic carbocycles. The van der Waals surface area contributed by atoms with Crippen molar-refractivity contribution >= 4 is 15.9 Å². The standard InChI is InChI=1S/C18H28N4O3S/c1-20-11-13-21(14-12-20)19-18(23)16-7-6-8-17(15-16)26(24,25)22-9-4-2-3-5-10-22/h6-8,15H,2-5,9-14H2,1H3,(H,19,23)/p+1. The summed E-state index contributed by atoms with van der Waals surface area (Å²) in [5.41, 5.74) is 3.28. The summed E-state index contributed by atoms with van der Waals surface area (Å²) in [5, 5.41) is 1.91. The Balaban J connectivity index is 1.71. The van der Waals surface area contributed by atoms with Crippen LogP contribution in [0.4, 0.5) is 0 Å². The van der Waals surface area contributed by atoms with Gasteiger partial charge in [-0.15, -0.1) is 0 Å². The molecule has 1 amide bonds. The zero-order chi connectivity index (χ0) is 18.6. The van der Waals surface area contributed by atoms with E-state index in [4.69, 9.17) is 0 Å². The van der Waals surface area contributed by atoms with Gasteiger partial charge in [-0.1, -0.05) is 18.9 Å². The zero-order valence-corrected chi connectivity index (χ0v) is 16.2.